The molecule has 0 fully saturated rings. The van der Waals surface area contributed by atoms with Crippen LogP contribution in [0, 0.1) is 12.7 Å². The van der Waals surface area contributed by atoms with Crippen molar-refractivity contribution in [3.05, 3.63) is 30.0 Å². The largest absolute Gasteiger partial charge is 0.382 e. The summed E-state index contributed by atoms with van der Waals surface area (Å²) >= 11 is 0. The van der Waals surface area contributed by atoms with Crippen LogP contribution < -0.4 is 5.73 Å². The fourth-order valence-corrected chi connectivity index (χ4v) is 1.12. The Balaban J connectivity index is 2.49. The molecule has 0 unspecified atom stereocenters. The number of nitrogen functional groups attached to an aromatic ring is 1. The van der Waals surface area contributed by atoms with E-state index in [1.165, 1.54) is 4.68 Å². The molecule has 0 aliphatic rings. The third-order valence-corrected chi connectivity index (χ3v) is 1.70. The van der Waals surface area contributed by atoms with Gasteiger partial charge in [-0.3, -0.25) is 0 Å². The van der Waals surface area contributed by atoms with E-state index in [9.17, 15) is 4.39 Å². The van der Waals surface area contributed by atoms with Gasteiger partial charge in [-0.2, -0.15) is 0 Å². The van der Waals surface area contributed by atoms with Crippen LogP contribution in [0.3, 0.4) is 0 Å². The normalized spacial score (nSPS) is 10.4. The number of nitrogens with zero attached hydrogens (tertiary/aromatic N) is 4. The standard InChI is InChI=1S/C8H8FN5/c1-5-2-7(10)13-14(5)8-11-3-6(9)4-12-8/h2-4H,1H3,(H2,10,13). The van der Waals surface area contributed by atoms with Crippen LogP contribution in [-0.2, 0) is 0 Å². The second-order valence-electron chi connectivity index (χ2n) is 2.82. The Morgan fingerprint density at radius 1 is 1.36 bits per heavy atom. The summed E-state index contributed by atoms with van der Waals surface area (Å²) in [6.07, 6.45) is 2.17. The Hall–Kier alpha value is -1.98. The second-order valence-corrected chi connectivity index (χ2v) is 2.82. The van der Waals surface area contributed by atoms with Gasteiger partial charge in [-0.1, -0.05) is 0 Å². The molecule has 0 radical (unpaired) electrons. The van der Waals surface area contributed by atoms with Crippen LogP contribution >= 0.6 is 0 Å². The Bertz CT molecular complexity index is 447. The number of rotatable bonds is 1. The minimum absolute atomic E-state index is 0.306. The highest BCUT2D eigenvalue weighted by molar-refractivity contribution is 5.32. The van der Waals surface area contributed by atoms with E-state index < -0.39 is 5.82 Å². The van der Waals surface area contributed by atoms with Gasteiger partial charge in [-0.15, -0.1) is 5.10 Å². The molecular formula is C8H8FN5. The predicted octanol–water partition coefficient (Wildman–Crippen LogP) is 0.692. The summed E-state index contributed by atoms with van der Waals surface area (Å²) in [5, 5.41) is 3.96. The van der Waals surface area contributed by atoms with Gasteiger partial charge in [0.05, 0.1) is 12.4 Å². The lowest BCUT2D eigenvalue weighted by atomic mass is 10.5. The lowest BCUT2D eigenvalue weighted by Gasteiger charge is -1.99. The first kappa shape index (κ1) is 8.61. The van der Waals surface area contributed by atoms with Crippen LogP contribution in [0.15, 0.2) is 18.5 Å². The SMILES string of the molecule is Cc1cc(N)nn1-c1ncc(F)cn1. The summed E-state index contributed by atoms with van der Waals surface area (Å²) in [5.74, 6) is 0.211. The number of halogens is 1. The number of nitrogens with two attached hydrogens (primary N) is 1. The number of aromatic nitrogens is 4. The fourth-order valence-electron chi connectivity index (χ4n) is 1.12. The van der Waals surface area contributed by atoms with Crippen molar-refractivity contribution in [2.45, 2.75) is 6.92 Å². The molecule has 0 saturated carbocycles. The van der Waals surface area contributed by atoms with Crippen molar-refractivity contribution in [3.63, 3.8) is 0 Å². The van der Waals surface area contributed by atoms with Gasteiger partial charge in [0.2, 0.25) is 0 Å². The zero-order chi connectivity index (χ0) is 10.1. The van der Waals surface area contributed by atoms with Gasteiger partial charge in [0.15, 0.2) is 5.82 Å². The molecule has 2 aromatic rings. The maximum atomic E-state index is 12.5. The highest BCUT2D eigenvalue weighted by Gasteiger charge is 2.06. The Morgan fingerprint density at radius 3 is 2.50 bits per heavy atom. The summed E-state index contributed by atoms with van der Waals surface area (Å²) in [6, 6.07) is 1.69. The maximum absolute atomic E-state index is 12.5. The third-order valence-electron chi connectivity index (χ3n) is 1.70. The molecule has 0 bridgehead atoms. The summed E-state index contributed by atoms with van der Waals surface area (Å²) < 4.78 is 14.0. The minimum Gasteiger partial charge on any atom is -0.382 e. The molecule has 0 atom stereocenters. The smallest absolute Gasteiger partial charge is 0.250 e. The van der Waals surface area contributed by atoms with Crippen molar-refractivity contribution >= 4 is 5.82 Å². The van der Waals surface area contributed by atoms with E-state index in [0.29, 0.717) is 11.8 Å². The molecular weight excluding hydrogens is 185 g/mol. The first-order valence-corrected chi connectivity index (χ1v) is 3.97. The van der Waals surface area contributed by atoms with Crippen LogP contribution in [-0.4, -0.2) is 19.7 Å². The molecule has 2 heterocycles. The van der Waals surface area contributed by atoms with Crippen molar-refractivity contribution in [1.29, 1.82) is 0 Å². The van der Waals surface area contributed by atoms with Crippen molar-refractivity contribution in [3.8, 4) is 5.95 Å². The first-order chi connectivity index (χ1) is 6.66. The van der Waals surface area contributed by atoms with Crippen LogP contribution in [0.25, 0.3) is 5.95 Å². The zero-order valence-electron chi connectivity index (χ0n) is 7.48. The Labute approximate surface area is 79.4 Å². The molecule has 2 aromatic heterocycles. The lowest BCUT2D eigenvalue weighted by molar-refractivity contribution is 0.608. The molecule has 2 rings (SSSR count). The summed E-state index contributed by atoms with van der Waals surface area (Å²) in [4.78, 5) is 7.56. The summed E-state index contributed by atoms with van der Waals surface area (Å²) in [7, 11) is 0. The Morgan fingerprint density at radius 2 is 2.00 bits per heavy atom. The van der Waals surface area contributed by atoms with Gasteiger partial charge in [-0.25, -0.2) is 19.0 Å². The minimum atomic E-state index is -0.480. The van der Waals surface area contributed by atoms with Gasteiger partial charge in [0.1, 0.15) is 5.82 Å². The van der Waals surface area contributed by atoms with Crippen molar-refractivity contribution in [1.82, 2.24) is 19.7 Å². The van der Waals surface area contributed by atoms with E-state index in [0.717, 1.165) is 18.1 Å². The van der Waals surface area contributed by atoms with Crippen molar-refractivity contribution < 1.29 is 4.39 Å². The molecule has 6 heteroatoms. The lowest BCUT2D eigenvalue weighted by Crippen LogP contribution is -2.04. The van der Waals surface area contributed by atoms with Gasteiger partial charge in [-0.05, 0) is 6.92 Å². The zero-order valence-corrected chi connectivity index (χ0v) is 7.48. The summed E-state index contributed by atoms with van der Waals surface area (Å²) in [6.45, 7) is 1.82. The van der Waals surface area contributed by atoms with E-state index in [4.69, 9.17) is 5.73 Å². The molecule has 0 saturated heterocycles. The van der Waals surface area contributed by atoms with E-state index in [2.05, 4.69) is 15.1 Å². The van der Waals surface area contributed by atoms with Crippen LogP contribution in [0.5, 0.6) is 0 Å². The predicted molar refractivity (Wildman–Crippen MR) is 48.3 cm³/mol. The van der Waals surface area contributed by atoms with Gasteiger partial charge in [0, 0.05) is 11.8 Å². The average Bonchev–Trinajstić information content (AvgIpc) is 2.47. The van der Waals surface area contributed by atoms with Gasteiger partial charge in [0.25, 0.3) is 5.95 Å². The van der Waals surface area contributed by atoms with Crippen LogP contribution in [0.4, 0.5) is 10.2 Å². The molecule has 72 valence electrons. The fraction of sp³-hybridized carbons (Fsp3) is 0.125. The number of aryl methyl sites for hydroxylation is 1. The van der Waals surface area contributed by atoms with Gasteiger partial charge < -0.3 is 5.73 Å². The monoisotopic (exact) mass is 193 g/mol. The van der Waals surface area contributed by atoms with Crippen molar-refractivity contribution in [2.24, 2.45) is 0 Å². The molecule has 5 nitrogen and oxygen atoms in total. The first-order valence-electron chi connectivity index (χ1n) is 3.97. The highest BCUT2D eigenvalue weighted by atomic mass is 19.1. The van der Waals surface area contributed by atoms with Crippen molar-refractivity contribution in [2.75, 3.05) is 5.73 Å². The van der Waals surface area contributed by atoms with E-state index in [1.54, 1.807) is 6.07 Å². The molecule has 0 spiro atoms. The Kier molecular flexibility index (Phi) is 1.88. The third kappa shape index (κ3) is 1.41. The van der Waals surface area contributed by atoms with Crippen LogP contribution in [0.1, 0.15) is 5.69 Å². The molecule has 0 amide bonds. The summed E-state index contributed by atoms with van der Waals surface area (Å²) in [5.41, 5.74) is 6.29. The maximum Gasteiger partial charge on any atom is 0.250 e. The molecule has 0 aromatic carbocycles. The molecule has 14 heavy (non-hydrogen) atoms. The topological polar surface area (TPSA) is 69.6 Å². The number of anilines is 1. The van der Waals surface area contributed by atoms with E-state index in [-0.39, 0.29) is 0 Å². The highest BCUT2D eigenvalue weighted by Crippen LogP contribution is 2.08. The average molecular weight is 193 g/mol. The molecule has 0 aliphatic carbocycles. The quantitative estimate of drug-likeness (QED) is 0.723. The number of hydrogen-bond donors (Lipinski definition) is 1. The molecule has 2 N–H and O–H groups in total. The van der Waals surface area contributed by atoms with Gasteiger partial charge >= 0.3 is 0 Å². The second kappa shape index (κ2) is 3.06. The van der Waals surface area contributed by atoms with E-state index >= 15 is 0 Å². The van der Waals surface area contributed by atoms with E-state index in [1.807, 2.05) is 6.92 Å². The molecule has 0 aliphatic heterocycles. The van der Waals surface area contributed by atoms with Crippen LogP contribution in [0.2, 0.25) is 0 Å². The number of hydrogen-bond acceptors (Lipinski definition) is 4.